The lowest BCUT2D eigenvalue weighted by molar-refractivity contribution is 0.0950. The lowest BCUT2D eigenvalue weighted by Crippen LogP contribution is -2.18. The van der Waals surface area contributed by atoms with Crippen LogP contribution < -0.4 is 19.6 Å². The van der Waals surface area contributed by atoms with Crippen molar-refractivity contribution in [2.45, 2.75) is 0 Å². The Morgan fingerprint density at radius 3 is 2.56 bits per heavy atom. The minimum atomic E-state index is -0.472. The molecule has 0 atom stereocenters. The predicted octanol–water partition coefficient (Wildman–Crippen LogP) is 2.46. The molecule has 0 aliphatic rings. The molecule has 1 amide bonds. The van der Waals surface area contributed by atoms with Crippen LogP contribution in [0.15, 0.2) is 46.1 Å². The van der Waals surface area contributed by atoms with Crippen molar-refractivity contribution in [2.24, 2.45) is 5.10 Å². The number of hydrazone groups is 1. The summed E-state index contributed by atoms with van der Waals surface area (Å²) in [6.07, 6.45) is 2.98. The monoisotopic (exact) mass is 370 g/mol. The minimum absolute atomic E-state index is 0.179. The number of hydrogen-bond acceptors (Lipinski definition) is 7. The number of furan rings is 1. The molecule has 0 aliphatic heterocycles. The Balaban J connectivity index is 1.72. The summed E-state index contributed by atoms with van der Waals surface area (Å²) >= 11 is 0. The second-order valence-corrected chi connectivity index (χ2v) is 5.29. The van der Waals surface area contributed by atoms with Gasteiger partial charge < -0.3 is 18.6 Å². The van der Waals surface area contributed by atoms with Crippen LogP contribution in [0.3, 0.4) is 0 Å². The van der Waals surface area contributed by atoms with E-state index in [2.05, 4.69) is 20.7 Å². The van der Waals surface area contributed by atoms with Crippen LogP contribution in [-0.2, 0) is 0 Å². The number of benzene rings is 1. The van der Waals surface area contributed by atoms with Crippen molar-refractivity contribution in [3.05, 3.63) is 47.9 Å². The quantitative estimate of drug-likeness (QED) is 0.488. The number of methoxy groups -OCH3 is 3. The van der Waals surface area contributed by atoms with Gasteiger partial charge in [0.25, 0.3) is 5.91 Å². The SMILES string of the molecule is COc1cc(OC)c(OC)cc1/C=N\NC(=O)c1cc(-c2ccco2)[nH]n1. The van der Waals surface area contributed by atoms with E-state index < -0.39 is 5.91 Å². The van der Waals surface area contributed by atoms with E-state index in [0.29, 0.717) is 34.3 Å². The van der Waals surface area contributed by atoms with Crippen LogP contribution in [0.25, 0.3) is 11.5 Å². The van der Waals surface area contributed by atoms with Crippen LogP contribution in [0.2, 0.25) is 0 Å². The van der Waals surface area contributed by atoms with Gasteiger partial charge in [-0.15, -0.1) is 0 Å². The molecule has 0 spiro atoms. The van der Waals surface area contributed by atoms with Crippen molar-refractivity contribution < 1.29 is 23.4 Å². The molecule has 1 aromatic carbocycles. The molecule has 140 valence electrons. The molecule has 0 saturated carbocycles. The Morgan fingerprint density at radius 1 is 1.15 bits per heavy atom. The van der Waals surface area contributed by atoms with E-state index in [-0.39, 0.29) is 5.69 Å². The highest BCUT2D eigenvalue weighted by atomic mass is 16.5. The largest absolute Gasteiger partial charge is 0.496 e. The fraction of sp³-hybridized carbons (Fsp3) is 0.167. The van der Waals surface area contributed by atoms with E-state index in [1.165, 1.54) is 33.8 Å². The summed E-state index contributed by atoms with van der Waals surface area (Å²) in [5.41, 5.74) is 3.79. The maximum absolute atomic E-state index is 12.2. The van der Waals surface area contributed by atoms with Gasteiger partial charge in [0.2, 0.25) is 0 Å². The number of carbonyl (C=O) groups is 1. The molecule has 0 radical (unpaired) electrons. The lowest BCUT2D eigenvalue weighted by atomic mass is 10.2. The first-order chi connectivity index (χ1) is 13.2. The molecule has 3 aromatic rings. The number of ether oxygens (including phenoxy) is 3. The molecule has 0 bridgehead atoms. The highest BCUT2D eigenvalue weighted by molar-refractivity contribution is 5.94. The number of carbonyl (C=O) groups excluding carboxylic acids is 1. The van der Waals surface area contributed by atoms with Gasteiger partial charge in [-0.25, -0.2) is 5.43 Å². The Morgan fingerprint density at radius 2 is 1.89 bits per heavy atom. The Hall–Kier alpha value is -3.75. The van der Waals surface area contributed by atoms with E-state index in [1.54, 1.807) is 30.3 Å². The van der Waals surface area contributed by atoms with Crippen LogP contribution in [0.5, 0.6) is 17.2 Å². The van der Waals surface area contributed by atoms with Gasteiger partial charge in [0.1, 0.15) is 11.4 Å². The zero-order valence-electron chi connectivity index (χ0n) is 15.0. The molecule has 9 nitrogen and oxygen atoms in total. The van der Waals surface area contributed by atoms with E-state index in [9.17, 15) is 4.79 Å². The molecule has 27 heavy (non-hydrogen) atoms. The van der Waals surface area contributed by atoms with Crippen molar-refractivity contribution in [2.75, 3.05) is 21.3 Å². The number of aromatic amines is 1. The Labute approximate surface area is 154 Å². The molecule has 3 rings (SSSR count). The van der Waals surface area contributed by atoms with Crippen molar-refractivity contribution >= 4 is 12.1 Å². The summed E-state index contributed by atoms with van der Waals surface area (Å²) in [7, 11) is 4.59. The number of aromatic nitrogens is 2. The number of nitrogens with zero attached hydrogens (tertiary/aromatic N) is 2. The third-order valence-corrected chi connectivity index (χ3v) is 3.70. The van der Waals surface area contributed by atoms with E-state index in [1.807, 2.05) is 0 Å². The predicted molar refractivity (Wildman–Crippen MR) is 97.4 cm³/mol. The topological polar surface area (TPSA) is 111 Å². The summed E-state index contributed by atoms with van der Waals surface area (Å²) in [6, 6.07) is 8.44. The fourth-order valence-electron chi connectivity index (χ4n) is 2.37. The van der Waals surface area contributed by atoms with Gasteiger partial charge in [-0.1, -0.05) is 0 Å². The second-order valence-electron chi connectivity index (χ2n) is 5.29. The molecule has 0 saturated heterocycles. The van der Waals surface area contributed by atoms with Gasteiger partial charge in [-0.05, 0) is 18.2 Å². The average Bonchev–Trinajstić information content (AvgIpc) is 3.38. The third-order valence-electron chi connectivity index (χ3n) is 3.70. The standard InChI is InChI=1S/C18H18N4O5/c1-24-15-9-17(26-3)16(25-2)7-11(15)10-19-22-18(23)13-8-12(20-21-13)14-5-4-6-27-14/h4-10H,1-3H3,(H,20,21)(H,22,23)/b19-10-. The highest BCUT2D eigenvalue weighted by Gasteiger charge is 2.13. The first-order valence-electron chi connectivity index (χ1n) is 7.89. The molecule has 2 N–H and O–H groups in total. The molecule has 9 heteroatoms. The number of amides is 1. The van der Waals surface area contributed by atoms with E-state index in [0.717, 1.165) is 0 Å². The number of H-pyrrole nitrogens is 1. The number of rotatable bonds is 7. The van der Waals surface area contributed by atoms with Crippen LogP contribution in [-0.4, -0.2) is 43.6 Å². The maximum Gasteiger partial charge on any atom is 0.291 e. The molecule has 2 aromatic heterocycles. The first kappa shape index (κ1) is 18.1. The van der Waals surface area contributed by atoms with E-state index >= 15 is 0 Å². The van der Waals surface area contributed by atoms with Gasteiger partial charge in [0.05, 0.1) is 33.8 Å². The highest BCUT2D eigenvalue weighted by Crippen LogP contribution is 2.33. The Kier molecular flexibility index (Phi) is 5.41. The van der Waals surface area contributed by atoms with Crippen LogP contribution in [0, 0.1) is 0 Å². The molecular weight excluding hydrogens is 352 g/mol. The van der Waals surface area contributed by atoms with Crippen LogP contribution in [0.4, 0.5) is 0 Å². The van der Waals surface area contributed by atoms with Gasteiger partial charge in [-0.3, -0.25) is 9.89 Å². The Bertz CT molecular complexity index is 947. The van der Waals surface area contributed by atoms with Gasteiger partial charge in [-0.2, -0.15) is 10.2 Å². The van der Waals surface area contributed by atoms with Gasteiger partial charge in [0.15, 0.2) is 23.0 Å². The van der Waals surface area contributed by atoms with Crippen molar-refractivity contribution in [1.82, 2.24) is 15.6 Å². The van der Waals surface area contributed by atoms with E-state index in [4.69, 9.17) is 18.6 Å². The molecule has 0 aliphatic carbocycles. The average molecular weight is 370 g/mol. The zero-order valence-corrected chi connectivity index (χ0v) is 15.0. The summed E-state index contributed by atoms with van der Waals surface area (Å²) in [4.78, 5) is 12.2. The normalized spacial score (nSPS) is 10.8. The molecular formula is C18H18N4O5. The summed E-state index contributed by atoms with van der Waals surface area (Å²) in [5.74, 6) is 1.67. The summed E-state index contributed by atoms with van der Waals surface area (Å²) in [6.45, 7) is 0. The number of hydrogen-bond donors (Lipinski definition) is 2. The van der Waals surface area contributed by atoms with Crippen molar-refractivity contribution in [3.63, 3.8) is 0 Å². The molecule has 0 unspecified atom stereocenters. The van der Waals surface area contributed by atoms with Gasteiger partial charge in [0, 0.05) is 17.7 Å². The van der Waals surface area contributed by atoms with Crippen LogP contribution >= 0.6 is 0 Å². The summed E-state index contributed by atoms with van der Waals surface area (Å²) in [5, 5.41) is 10.6. The van der Waals surface area contributed by atoms with Crippen LogP contribution in [0.1, 0.15) is 16.1 Å². The minimum Gasteiger partial charge on any atom is -0.496 e. The summed E-state index contributed by atoms with van der Waals surface area (Å²) < 4.78 is 21.0. The molecule has 0 fully saturated rings. The second kappa shape index (κ2) is 8.09. The number of nitrogens with one attached hydrogen (secondary N) is 2. The zero-order chi connectivity index (χ0) is 19.2. The van der Waals surface area contributed by atoms with Crippen molar-refractivity contribution in [3.8, 4) is 28.7 Å². The third kappa shape index (κ3) is 3.92. The fourth-order valence-corrected chi connectivity index (χ4v) is 2.37. The molecule has 2 heterocycles. The lowest BCUT2D eigenvalue weighted by Gasteiger charge is -2.11. The smallest absolute Gasteiger partial charge is 0.291 e. The van der Waals surface area contributed by atoms with Crippen molar-refractivity contribution in [1.29, 1.82) is 0 Å². The maximum atomic E-state index is 12.2. The first-order valence-corrected chi connectivity index (χ1v) is 7.89. The van der Waals surface area contributed by atoms with Gasteiger partial charge >= 0.3 is 0 Å².